The molecule has 2 aromatic carbocycles. The lowest BCUT2D eigenvalue weighted by molar-refractivity contribution is 0.190. The van der Waals surface area contributed by atoms with Gasteiger partial charge in [-0.05, 0) is 43.3 Å². The maximum absolute atomic E-state index is 13.2. The molecule has 0 fully saturated rings. The molecule has 2 aromatic rings. The largest absolute Gasteiger partial charge is 0.488 e. The molecule has 0 bridgehead atoms. The normalized spacial score (nSPS) is 11.8. The number of aliphatic hydroxyl groups excluding tert-OH is 1. The Labute approximate surface area is 127 Å². The minimum absolute atomic E-state index is 0.0298. The lowest BCUT2D eigenvalue weighted by Crippen LogP contribution is -2.03. The molecule has 108 valence electrons. The number of benzene rings is 2. The minimum atomic E-state index is -0.748. The summed E-state index contributed by atoms with van der Waals surface area (Å²) in [6, 6.07) is 10.8. The molecule has 0 aliphatic rings. The van der Waals surface area contributed by atoms with Crippen molar-refractivity contribution in [3.05, 3.63) is 63.9 Å². The summed E-state index contributed by atoms with van der Waals surface area (Å²) in [6.45, 7) is 1.63. The summed E-state index contributed by atoms with van der Waals surface area (Å²) in [5.74, 6) is 0.0157. The second-order valence-electron chi connectivity index (χ2n) is 4.56. The Morgan fingerprint density at radius 2 is 2.10 bits per heavy atom. The molecule has 0 heterocycles. The van der Waals surface area contributed by atoms with Crippen LogP contribution in [0.25, 0.3) is 0 Å². The molecule has 5 heteroatoms. The summed E-state index contributed by atoms with van der Waals surface area (Å²) >= 11 is 5.89. The Bertz CT molecular complexity index is 695. The van der Waals surface area contributed by atoms with E-state index in [0.717, 1.165) is 0 Å². The van der Waals surface area contributed by atoms with Gasteiger partial charge in [0, 0.05) is 16.1 Å². The monoisotopic (exact) mass is 305 g/mol. The predicted octanol–water partition coefficient (Wildman–Crippen LogP) is 3.98. The molecule has 1 N–H and O–H groups in total. The summed E-state index contributed by atoms with van der Waals surface area (Å²) in [6.07, 6.45) is -0.748. The smallest absolute Gasteiger partial charge is 0.125 e. The van der Waals surface area contributed by atoms with E-state index < -0.39 is 11.9 Å². The van der Waals surface area contributed by atoms with Crippen LogP contribution in [0, 0.1) is 17.1 Å². The lowest BCUT2D eigenvalue weighted by atomic mass is 10.1. The van der Waals surface area contributed by atoms with E-state index in [1.54, 1.807) is 25.1 Å². The lowest BCUT2D eigenvalue weighted by Gasteiger charge is -2.14. The van der Waals surface area contributed by atoms with E-state index in [9.17, 15) is 9.50 Å². The van der Waals surface area contributed by atoms with Crippen LogP contribution >= 0.6 is 11.6 Å². The van der Waals surface area contributed by atoms with Gasteiger partial charge < -0.3 is 9.84 Å². The highest BCUT2D eigenvalue weighted by Crippen LogP contribution is 2.29. The van der Waals surface area contributed by atoms with Crippen LogP contribution in [-0.4, -0.2) is 5.11 Å². The molecule has 0 amide bonds. The Morgan fingerprint density at radius 1 is 1.33 bits per heavy atom. The third-order valence-corrected chi connectivity index (χ3v) is 3.23. The maximum Gasteiger partial charge on any atom is 0.125 e. The Morgan fingerprint density at radius 3 is 2.76 bits per heavy atom. The molecule has 3 nitrogen and oxygen atoms in total. The highest BCUT2D eigenvalue weighted by molar-refractivity contribution is 6.30. The van der Waals surface area contributed by atoms with Gasteiger partial charge in [-0.2, -0.15) is 5.26 Å². The van der Waals surface area contributed by atoms with Gasteiger partial charge >= 0.3 is 0 Å². The average molecular weight is 306 g/mol. The number of hydrogen-bond acceptors (Lipinski definition) is 3. The SMILES string of the molecule is C[C@@H](O)c1cc(Cl)ccc1OCc1cc(F)ccc1C#N. The van der Waals surface area contributed by atoms with Crippen molar-refractivity contribution in [1.82, 2.24) is 0 Å². The maximum atomic E-state index is 13.2. The van der Waals surface area contributed by atoms with Crippen LogP contribution in [-0.2, 0) is 6.61 Å². The fourth-order valence-electron chi connectivity index (χ4n) is 1.92. The Balaban J connectivity index is 2.25. The quantitative estimate of drug-likeness (QED) is 0.929. The van der Waals surface area contributed by atoms with Crippen molar-refractivity contribution in [2.45, 2.75) is 19.6 Å². The summed E-state index contributed by atoms with van der Waals surface area (Å²) in [5.41, 5.74) is 1.34. The van der Waals surface area contributed by atoms with Crippen LogP contribution in [0.4, 0.5) is 4.39 Å². The number of nitriles is 1. The second-order valence-corrected chi connectivity index (χ2v) is 5.00. The minimum Gasteiger partial charge on any atom is -0.488 e. The van der Waals surface area contributed by atoms with Crippen LogP contribution in [0.5, 0.6) is 5.75 Å². The van der Waals surface area contributed by atoms with Crippen molar-refractivity contribution < 1.29 is 14.2 Å². The average Bonchev–Trinajstić information content (AvgIpc) is 2.46. The fourth-order valence-corrected chi connectivity index (χ4v) is 2.10. The Kier molecular flexibility index (Phi) is 4.79. The summed E-state index contributed by atoms with van der Waals surface area (Å²) < 4.78 is 18.8. The van der Waals surface area contributed by atoms with Gasteiger partial charge in [-0.1, -0.05) is 11.6 Å². The van der Waals surface area contributed by atoms with Gasteiger partial charge in [-0.15, -0.1) is 0 Å². The first kappa shape index (κ1) is 15.3. The van der Waals surface area contributed by atoms with E-state index in [1.807, 2.05) is 6.07 Å². The van der Waals surface area contributed by atoms with E-state index in [4.69, 9.17) is 21.6 Å². The molecule has 0 saturated carbocycles. The molecule has 0 aliphatic carbocycles. The third kappa shape index (κ3) is 3.72. The predicted molar refractivity (Wildman–Crippen MR) is 77.5 cm³/mol. The molecule has 0 aliphatic heterocycles. The van der Waals surface area contributed by atoms with Crippen molar-refractivity contribution in [1.29, 1.82) is 5.26 Å². The molecule has 0 radical (unpaired) electrons. The molecule has 0 saturated heterocycles. The first-order valence-corrected chi connectivity index (χ1v) is 6.68. The number of aliphatic hydroxyl groups is 1. The molecular weight excluding hydrogens is 293 g/mol. The molecule has 0 unspecified atom stereocenters. The molecule has 21 heavy (non-hydrogen) atoms. The molecule has 0 aromatic heterocycles. The van der Waals surface area contributed by atoms with Crippen LogP contribution in [0.2, 0.25) is 5.02 Å². The van der Waals surface area contributed by atoms with Crippen LogP contribution in [0.3, 0.4) is 0 Å². The van der Waals surface area contributed by atoms with Crippen LogP contribution in [0.1, 0.15) is 29.7 Å². The van der Waals surface area contributed by atoms with Gasteiger partial charge in [0.2, 0.25) is 0 Å². The third-order valence-electron chi connectivity index (χ3n) is 2.99. The van der Waals surface area contributed by atoms with Crippen molar-refractivity contribution >= 4 is 11.6 Å². The Hall–Kier alpha value is -2.09. The van der Waals surface area contributed by atoms with Gasteiger partial charge in [0.05, 0.1) is 17.7 Å². The molecule has 0 spiro atoms. The number of nitrogens with zero attached hydrogens (tertiary/aromatic N) is 1. The van der Waals surface area contributed by atoms with Crippen molar-refractivity contribution in [2.24, 2.45) is 0 Å². The standard InChI is InChI=1S/C16H13ClFNO2/c1-10(20)15-7-13(17)3-5-16(15)21-9-12-6-14(18)4-2-11(12)8-19/h2-7,10,20H,9H2,1H3/t10-/m1/s1. The summed E-state index contributed by atoms with van der Waals surface area (Å²) in [4.78, 5) is 0. The zero-order valence-corrected chi connectivity index (χ0v) is 12.1. The van der Waals surface area contributed by atoms with Gasteiger partial charge in [-0.25, -0.2) is 4.39 Å². The second kappa shape index (κ2) is 6.57. The number of hydrogen-bond donors (Lipinski definition) is 1. The van der Waals surface area contributed by atoms with E-state index in [-0.39, 0.29) is 6.61 Å². The molecular formula is C16H13ClFNO2. The van der Waals surface area contributed by atoms with Gasteiger partial charge in [-0.3, -0.25) is 0 Å². The van der Waals surface area contributed by atoms with Gasteiger partial charge in [0.15, 0.2) is 0 Å². The summed E-state index contributed by atoms with van der Waals surface area (Å²) in [7, 11) is 0. The highest BCUT2D eigenvalue weighted by Gasteiger charge is 2.11. The van der Waals surface area contributed by atoms with E-state index in [1.165, 1.54) is 18.2 Å². The van der Waals surface area contributed by atoms with Crippen molar-refractivity contribution in [3.63, 3.8) is 0 Å². The summed E-state index contributed by atoms with van der Waals surface area (Å²) in [5, 5.41) is 19.2. The van der Waals surface area contributed by atoms with Gasteiger partial charge in [0.25, 0.3) is 0 Å². The topological polar surface area (TPSA) is 53.2 Å². The molecule has 2 rings (SSSR count). The zero-order valence-electron chi connectivity index (χ0n) is 11.3. The van der Waals surface area contributed by atoms with E-state index >= 15 is 0 Å². The first-order chi connectivity index (χ1) is 10.0. The van der Waals surface area contributed by atoms with Crippen molar-refractivity contribution in [3.8, 4) is 11.8 Å². The van der Waals surface area contributed by atoms with Crippen molar-refractivity contribution in [2.75, 3.05) is 0 Å². The molecule has 1 atom stereocenters. The number of ether oxygens (including phenoxy) is 1. The first-order valence-electron chi connectivity index (χ1n) is 6.30. The zero-order chi connectivity index (χ0) is 15.4. The number of halogens is 2. The van der Waals surface area contributed by atoms with E-state index in [2.05, 4.69) is 0 Å². The van der Waals surface area contributed by atoms with Crippen LogP contribution < -0.4 is 4.74 Å². The number of rotatable bonds is 4. The van der Waals surface area contributed by atoms with Crippen LogP contribution in [0.15, 0.2) is 36.4 Å². The highest BCUT2D eigenvalue weighted by atomic mass is 35.5. The van der Waals surface area contributed by atoms with Gasteiger partial charge in [0.1, 0.15) is 18.2 Å². The van der Waals surface area contributed by atoms with E-state index in [0.29, 0.717) is 27.5 Å². The fraction of sp³-hybridized carbons (Fsp3) is 0.188.